The molecule has 0 spiro atoms. The molecular weight excluding hydrogens is 240 g/mol. The number of aliphatic hydroxyl groups excluding tert-OH is 1. The Morgan fingerprint density at radius 2 is 2.21 bits per heavy atom. The Labute approximate surface area is 112 Å². The number of aliphatic hydroxyl groups is 1. The van der Waals surface area contributed by atoms with Crippen LogP contribution in [0.1, 0.15) is 24.2 Å². The molecule has 100 valence electrons. The second-order valence-electron chi connectivity index (χ2n) is 5.27. The summed E-state index contributed by atoms with van der Waals surface area (Å²) in [5.74, 6) is 1.79. The molecule has 1 fully saturated rings. The van der Waals surface area contributed by atoms with Gasteiger partial charge in [-0.05, 0) is 43.5 Å². The van der Waals surface area contributed by atoms with Gasteiger partial charge in [-0.15, -0.1) is 0 Å². The number of H-pyrrole nitrogens is 1. The van der Waals surface area contributed by atoms with E-state index in [4.69, 9.17) is 4.74 Å². The van der Waals surface area contributed by atoms with Crippen molar-refractivity contribution in [3.8, 4) is 17.0 Å². The van der Waals surface area contributed by atoms with Crippen LogP contribution in [0.4, 0.5) is 0 Å². The number of rotatable bonds is 4. The van der Waals surface area contributed by atoms with Crippen molar-refractivity contribution in [1.29, 1.82) is 0 Å². The molecule has 0 amide bonds. The van der Waals surface area contributed by atoms with E-state index in [2.05, 4.69) is 16.0 Å². The number of methoxy groups -OCH3 is 1. The number of benzene rings is 1. The summed E-state index contributed by atoms with van der Waals surface area (Å²) in [6.45, 7) is 2.19. The number of ether oxygens (including phenoxy) is 1. The number of hydrogen-bond acceptors (Lipinski definition) is 3. The molecule has 1 aromatic carbocycles. The van der Waals surface area contributed by atoms with E-state index < -0.39 is 0 Å². The van der Waals surface area contributed by atoms with Crippen molar-refractivity contribution in [1.82, 2.24) is 9.97 Å². The Balaban J connectivity index is 1.93. The van der Waals surface area contributed by atoms with Crippen molar-refractivity contribution in [3.05, 3.63) is 35.8 Å². The molecule has 1 aliphatic rings. The molecule has 4 nitrogen and oxygen atoms in total. The quantitative estimate of drug-likeness (QED) is 0.885. The summed E-state index contributed by atoms with van der Waals surface area (Å²) in [5.41, 5.74) is 3.06. The maximum absolute atomic E-state index is 9.43. The first-order chi connectivity index (χ1) is 9.18. The maximum atomic E-state index is 9.43. The van der Waals surface area contributed by atoms with E-state index in [9.17, 15) is 5.11 Å². The van der Waals surface area contributed by atoms with Gasteiger partial charge in [0.2, 0.25) is 0 Å². The Hall–Kier alpha value is -1.81. The summed E-state index contributed by atoms with van der Waals surface area (Å²) < 4.78 is 5.26. The predicted molar refractivity (Wildman–Crippen MR) is 73.3 cm³/mol. The first-order valence-corrected chi connectivity index (χ1v) is 6.50. The second kappa shape index (κ2) is 4.38. The van der Waals surface area contributed by atoms with E-state index in [1.165, 1.54) is 0 Å². The van der Waals surface area contributed by atoms with Crippen molar-refractivity contribution < 1.29 is 9.84 Å². The fourth-order valence-electron chi connectivity index (χ4n) is 2.40. The molecule has 4 heteroatoms. The highest BCUT2D eigenvalue weighted by Gasteiger charge is 2.46. The molecule has 2 aromatic rings. The topological polar surface area (TPSA) is 58.1 Å². The minimum absolute atomic E-state index is 0.111. The van der Waals surface area contributed by atoms with Gasteiger partial charge in [0.25, 0.3) is 0 Å². The largest absolute Gasteiger partial charge is 0.496 e. The van der Waals surface area contributed by atoms with Gasteiger partial charge in [0.1, 0.15) is 11.6 Å². The molecule has 0 unspecified atom stereocenters. The molecule has 19 heavy (non-hydrogen) atoms. The highest BCUT2D eigenvalue weighted by atomic mass is 16.5. The number of imidazole rings is 1. The van der Waals surface area contributed by atoms with Crippen LogP contribution in [0.5, 0.6) is 5.75 Å². The summed E-state index contributed by atoms with van der Waals surface area (Å²) in [6.07, 6.45) is 3.86. The predicted octanol–water partition coefficient (Wildman–Crippen LogP) is 2.42. The number of aromatic nitrogens is 2. The molecule has 0 atom stereocenters. The number of aromatic amines is 1. The summed E-state index contributed by atoms with van der Waals surface area (Å²) in [6, 6.07) is 6.06. The van der Waals surface area contributed by atoms with Gasteiger partial charge in [-0.3, -0.25) is 0 Å². The lowest BCUT2D eigenvalue weighted by Crippen LogP contribution is -2.13. The van der Waals surface area contributed by atoms with Gasteiger partial charge in [0, 0.05) is 5.56 Å². The Morgan fingerprint density at radius 1 is 1.42 bits per heavy atom. The lowest BCUT2D eigenvalue weighted by atomic mass is 10.1. The zero-order valence-corrected chi connectivity index (χ0v) is 11.2. The van der Waals surface area contributed by atoms with Gasteiger partial charge in [0.05, 0.1) is 31.0 Å². The molecular formula is C15H18N2O2. The van der Waals surface area contributed by atoms with Crippen LogP contribution in [-0.4, -0.2) is 28.8 Å². The molecule has 3 rings (SSSR count). The number of aryl methyl sites for hydroxylation is 1. The second-order valence-corrected chi connectivity index (χ2v) is 5.27. The van der Waals surface area contributed by atoms with Crippen LogP contribution in [0.3, 0.4) is 0 Å². The van der Waals surface area contributed by atoms with E-state index >= 15 is 0 Å². The van der Waals surface area contributed by atoms with E-state index in [0.29, 0.717) is 0 Å². The third-order valence-electron chi connectivity index (χ3n) is 3.94. The zero-order chi connectivity index (χ0) is 13.5. The standard InChI is InChI=1S/C15H18N2O2/c1-10-7-11(3-4-13(10)19-2)12-8-16-14(17-12)15(9-18)5-6-15/h3-4,7-8,18H,5-6,9H2,1-2H3,(H,16,17). The van der Waals surface area contributed by atoms with Crippen LogP contribution < -0.4 is 4.74 Å². The molecule has 0 radical (unpaired) electrons. The Morgan fingerprint density at radius 3 is 2.79 bits per heavy atom. The van der Waals surface area contributed by atoms with Crippen LogP contribution >= 0.6 is 0 Å². The van der Waals surface area contributed by atoms with Gasteiger partial charge in [0.15, 0.2) is 0 Å². The zero-order valence-electron chi connectivity index (χ0n) is 11.2. The van der Waals surface area contributed by atoms with E-state index in [1.807, 2.05) is 25.3 Å². The van der Waals surface area contributed by atoms with Gasteiger partial charge < -0.3 is 14.8 Å². The average molecular weight is 258 g/mol. The number of nitrogens with one attached hydrogen (secondary N) is 1. The normalized spacial score (nSPS) is 16.4. The SMILES string of the molecule is COc1ccc(-c2cnc(C3(CO)CC3)[nH]2)cc1C. The highest BCUT2D eigenvalue weighted by molar-refractivity contribution is 5.61. The number of hydrogen-bond donors (Lipinski definition) is 2. The van der Waals surface area contributed by atoms with Crippen molar-refractivity contribution in [2.45, 2.75) is 25.2 Å². The van der Waals surface area contributed by atoms with Gasteiger partial charge >= 0.3 is 0 Å². The van der Waals surface area contributed by atoms with Crippen molar-refractivity contribution in [3.63, 3.8) is 0 Å². The smallest absolute Gasteiger partial charge is 0.121 e. The summed E-state index contributed by atoms with van der Waals surface area (Å²) in [7, 11) is 1.68. The molecule has 1 aromatic heterocycles. The van der Waals surface area contributed by atoms with Crippen molar-refractivity contribution >= 4 is 0 Å². The fourth-order valence-corrected chi connectivity index (χ4v) is 2.40. The van der Waals surface area contributed by atoms with Crippen molar-refractivity contribution in [2.24, 2.45) is 0 Å². The molecule has 0 saturated heterocycles. The van der Waals surface area contributed by atoms with Crippen LogP contribution in [-0.2, 0) is 5.41 Å². The van der Waals surface area contributed by atoms with E-state index in [-0.39, 0.29) is 12.0 Å². The first kappa shape index (κ1) is 12.2. The molecule has 0 aliphatic heterocycles. The van der Waals surface area contributed by atoms with Crippen molar-refractivity contribution in [2.75, 3.05) is 13.7 Å². The lowest BCUT2D eigenvalue weighted by Gasteiger charge is -2.08. The summed E-state index contributed by atoms with van der Waals surface area (Å²) in [5, 5.41) is 9.43. The number of nitrogens with zero attached hydrogens (tertiary/aromatic N) is 1. The third-order valence-corrected chi connectivity index (χ3v) is 3.94. The Bertz CT molecular complexity index is 600. The van der Waals surface area contributed by atoms with Crippen LogP contribution in [0.2, 0.25) is 0 Å². The summed E-state index contributed by atoms with van der Waals surface area (Å²) >= 11 is 0. The fraction of sp³-hybridized carbons (Fsp3) is 0.400. The van der Waals surface area contributed by atoms with Crippen LogP contribution in [0.25, 0.3) is 11.3 Å². The summed E-state index contributed by atoms with van der Waals surface area (Å²) in [4.78, 5) is 7.76. The van der Waals surface area contributed by atoms with Gasteiger partial charge in [-0.1, -0.05) is 0 Å². The molecule has 1 saturated carbocycles. The van der Waals surface area contributed by atoms with Crippen LogP contribution in [0.15, 0.2) is 24.4 Å². The molecule has 2 N–H and O–H groups in total. The van der Waals surface area contributed by atoms with Crippen LogP contribution in [0, 0.1) is 6.92 Å². The molecule has 1 heterocycles. The molecule has 0 bridgehead atoms. The van der Waals surface area contributed by atoms with Gasteiger partial charge in [-0.25, -0.2) is 4.98 Å². The first-order valence-electron chi connectivity index (χ1n) is 6.50. The minimum atomic E-state index is -0.111. The lowest BCUT2D eigenvalue weighted by molar-refractivity contribution is 0.250. The minimum Gasteiger partial charge on any atom is -0.496 e. The third kappa shape index (κ3) is 2.02. The molecule has 1 aliphatic carbocycles. The average Bonchev–Trinajstić information content (AvgIpc) is 3.08. The van der Waals surface area contributed by atoms with E-state index in [0.717, 1.165) is 41.2 Å². The van der Waals surface area contributed by atoms with E-state index in [1.54, 1.807) is 7.11 Å². The monoisotopic (exact) mass is 258 g/mol. The Kier molecular flexibility index (Phi) is 2.82. The highest BCUT2D eigenvalue weighted by Crippen LogP contribution is 2.46. The maximum Gasteiger partial charge on any atom is 0.121 e. The van der Waals surface area contributed by atoms with Gasteiger partial charge in [-0.2, -0.15) is 0 Å².